The molecule has 1 amide bonds. The molecule has 2 N–H and O–H groups in total. The van der Waals surface area contributed by atoms with Crippen molar-refractivity contribution in [2.24, 2.45) is 0 Å². The summed E-state index contributed by atoms with van der Waals surface area (Å²) in [4.78, 5) is 21.6. The van der Waals surface area contributed by atoms with Gasteiger partial charge in [0.25, 0.3) is 5.91 Å². The lowest BCUT2D eigenvalue weighted by molar-refractivity contribution is 0.102. The van der Waals surface area contributed by atoms with E-state index >= 15 is 0 Å². The van der Waals surface area contributed by atoms with Gasteiger partial charge in [-0.2, -0.15) is 0 Å². The number of benzene rings is 2. The largest absolute Gasteiger partial charge is 0.324 e. The van der Waals surface area contributed by atoms with Crippen LogP contribution in [0.25, 0.3) is 0 Å². The molecule has 0 atom stereocenters. The Hall–Kier alpha value is -3.21. The van der Waals surface area contributed by atoms with E-state index in [0.717, 1.165) is 28.2 Å². The van der Waals surface area contributed by atoms with E-state index in [4.69, 9.17) is 0 Å². The summed E-state index contributed by atoms with van der Waals surface area (Å²) < 4.78 is 0. The van der Waals surface area contributed by atoms with Gasteiger partial charge in [0.05, 0.1) is 0 Å². The second kappa shape index (κ2) is 7.58. The molecule has 0 saturated carbocycles. The van der Waals surface area contributed by atoms with Gasteiger partial charge in [-0.1, -0.05) is 24.3 Å². The van der Waals surface area contributed by atoms with E-state index in [2.05, 4.69) is 34.4 Å². The molecule has 2 aromatic carbocycles. The standard InChI is InChI=1S/C22H24N4O/c1-13-9-10-18(11-16(13)4)24-22-23-17(5)12-19(25-22)21(27)26-20-14(2)7-6-8-15(20)3/h6-12H,1-5H3,(H,26,27)(H,23,24,25). The predicted octanol–water partition coefficient (Wildman–Crippen LogP) is 5.01. The summed E-state index contributed by atoms with van der Waals surface area (Å²) in [5.74, 6) is 0.158. The van der Waals surface area contributed by atoms with Crippen LogP contribution in [0.2, 0.25) is 0 Å². The number of hydrogen-bond donors (Lipinski definition) is 2. The SMILES string of the molecule is Cc1cc(C(=O)Nc2c(C)cccc2C)nc(Nc2ccc(C)c(C)c2)n1. The third kappa shape index (κ3) is 4.31. The zero-order valence-corrected chi connectivity index (χ0v) is 16.3. The summed E-state index contributed by atoms with van der Waals surface area (Å²) in [6, 6.07) is 13.7. The fourth-order valence-corrected chi connectivity index (χ4v) is 2.88. The minimum atomic E-state index is -0.249. The van der Waals surface area contributed by atoms with Gasteiger partial charge in [0.2, 0.25) is 5.95 Å². The van der Waals surface area contributed by atoms with Crippen molar-refractivity contribution in [2.75, 3.05) is 10.6 Å². The van der Waals surface area contributed by atoms with Gasteiger partial charge in [0, 0.05) is 17.1 Å². The first-order valence-corrected chi connectivity index (χ1v) is 8.91. The van der Waals surface area contributed by atoms with Crippen molar-refractivity contribution in [3.05, 3.63) is 76.1 Å². The zero-order chi connectivity index (χ0) is 19.6. The van der Waals surface area contributed by atoms with Gasteiger partial charge in [-0.05, 0) is 75.1 Å². The fourth-order valence-electron chi connectivity index (χ4n) is 2.88. The zero-order valence-electron chi connectivity index (χ0n) is 16.3. The molecule has 138 valence electrons. The van der Waals surface area contributed by atoms with E-state index in [-0.39, 0.29) is 5.91 Å². The molecule has 3 aromatic rings. The van der Waals surface area contributed by atoms with E-state index in [9.17, 15) is 4.79 Å². The van der Waals surface area contributed by atoms with E-state index in [1.165, 1.54) is 11.1 Å². The van der Waals surface area contributed by atoms with Crippen LogP contribution in [0.1, 0.15) is 38.4 Å². The molecule has 0 aliphatic heterocycles. The molecule has 1 aromatic heterocycles. The Morgan fingerprint density at radius 1 is 0.815 bits per heavy atom. The Labute approximate surface area is 159 Å². The molecule has 3 rings (SSSR count). The van der Waals surface area contributed by atoms with E-state index in [1.807, 2.05) is 57.2 Å². The van der Waals surface area contributed by atoms with Crippen LogP contribution in [0, 0.1) is 34.6 Å². The van der Waals surface area contributed by atoms with Crippen molar-refractivity contribution in [3.63, 3.8) is 0 Å². The maximum Gasteiger partial charge on any atom is 0.274 e. The molecule has 0 bridgehead atoms. The van der Waals surface area contributed by atoms with Gasteiger partial charge >= 0.3 is 0 Å². The van der Waals surface area contributed by atoms with Crippen molar-refractivity contribution in [1.29, 1.82) is 0 Å². The number of anilines is 3. The minimum absolute atomic E-state index is 0.249. The molecule has 5 heteroatoms. The lowest BCUT2D eigenvalue weighted by Gasteiger charge is -2.12. The number of aromatic nitrogens is 2. The minimum Gasteiger partial charge on any atom is -0.324 e. The van der Waals surface area contributed by atoms with Crippen LogP contribution < -0.4 is 10.6 Å². The third-order valence-electron chi connectivity index (χ3n) is 4.57. The number of para-hydroxylation sites is 1. The topological polar surface area (TPSA) is 66.9 Å². The molecule has 0 spiro atoms. The first-order chi connectivity index (χ1) is 12.8. The van der Waals surface area contributed by atoms with Crippen LogP contribution in [0.3, 0.4) is 0 Å². The second-order valence-electron chi connectivity index (χ2n) is 6.86. The summed E-state index contributed by atoms with van der Waals surface area (Å²) in [5.41, 5.74) is 7.21. The molecule has 27 heavy (non-hydrogen) atoms. The Bertz CT molecular complexity index is 991. The smallest absolute Gasteiger partial charge is 0.274 e. The highest BCUT2D eigenvalue weighted by molar-refractivity contribution is 6.04. The molecule has 0 unspecified atom stereocenters. The maximum absolute atomic E-state index is 12.7. The van der Waals surface area contributed by atoms with Crippen LogP contribution in [0.4, 0.5) is 17.3 Å². The first kappa shape index (κ1) is 18.6. The fraction of sp³-hybridized carbons (Fsp3) is 0.227. The molecule has 1 heterocycles. The molecule has 0 radical (unpaired) electrons. The Balaban J connectivity index is 1.86. The normalized spacial score (nSPS) is 10.6. The van der Waals surface area contributed by atoms with Crippen LogP contribution in [-0.2, 0) is 0 Å². The van der Waals surface area contributed by atoms with Crippen molar-refractivity contribution in [1.82, 2.24) is 9.97 Å². The van der Waals surface area contributed by atoms with Crippen molar-refractivity contribution in [2.45, 2.75) is 34.6 Å². The van der Waals surface area contributed by atoms with Gasteiger partial charge < -0.3 is 10.6 Å². The molecule has 5 nitrogen and oxygen atoms in total. The quantitative estimate of drug-likeness (QED) is 0.686. The van der Waals surface area contributed by atoms with Gasteiger partial charge in [-0.25, -0.2) is 9.97 Å². The van der Waals surface area contributed by atoms with Gasteiger partial charge in [0.1, 0.15) is 5.69 Å². The number of amides is 1. The molecular formula is C22H24N4O. The number of nitrogens with one attached hydrogen (secondary N) is 2. The van der Waals surface area contributed by atoms with Gasteiger partial charge in [-0.3, -0.25) is 4.79 Å². The predicted molar refractivity (Wildman–Crippen MR) is 110 cm³/mol. The highest BCUT2D eigenvalue weighted by atomic mass is 16.1. The van der Waals surface area contributed by atoms with Crippen LogP contribution >= 0.6 is 0 Å². The highest BCUT2D eigenvalue weighted by Crippen LogP contribution is 2.21. The Morgan fingerprint density at radius 3 is 2.19 bits per heavy atom. The highest BCUT2D eigenvalue weighted by Gasteiger charge is 2.13. The molecule has 0 aliphatic rings. The lowest BCUT2D eigenvalue weighted by Crippen LogP contribution is -2.17. The van der Waals surface area contributed by atoms with Crippen LogP contribution in [0.15, 0.2) is 42.5 Å². The average molecular weight is 360 g/mol. The third-order valence-corrected chi connectivity index (χ3v) is 4.57. The van der Waals surface area contributed by atoms with Crippen LogP contribution in [-0.4, -0.2) is 15.9 Å². The summed E-state index contributed by atoms with van der Waals surface area (Å²) in [6.07, 6.45) is 0. The Morgan fingerprint density at radius 2 is 1.52 bits per heavy atom. The molecule has 0 aliphatic carbocycles. The van der Waals surface area contributed by atoms with Crippen LogP contribution in [0.5, 0.6) is 0 Å². The van der Waals surface area contributed by atoms with E-state index in [1.54, 1.807) is 6.07 Å². The molecule has 0 saturated heterocycles. The lowest BCUT2D eigenvalue weighted by atomic mass is 10.1. The number of carbonyl (C=O) groups is 1. The summed E-state index contributed by atoms with van der Waals surface area (Å²) in [6.45, 7) is 9.92. The van der Waals surface area contributed by atoms with Gasteiger partial charge in [-0.15, -0.1) is 0 Å². The summed E-state index contributed by atoms with van der Waals surface area (Å²) >= 11 is 0. The molecular weight excluding hydrogens is 336 g/mol. The van der Waals surface area contributed by atoms with Crippen molar-refractivity contribution < 1.29 is 4.79 Å². The number of aryl methyl sites for hydroxylation is 5. The average Bonchev–Trinajstić information content (AvgIpc) is 2.61. The molecule has 0 fully saturated rings. The second-order valence-corrected chi connectivity index (χ2v) is 6.86. The first-order valence-electron chi connectivity index (χ1n) is 8.91. The van der Waals surface area contributed by atoms with Gasteiger partial charge in [0.15, 0.2) is 0 Å². The number of rotatable bonds is 4. The van der Waals surface area contributed by atoms with E-state index < -0.39 is 0 Å². The summed E-state index contributed by atoms with van der Waals surface area (Å²) in [5, 5.41) is 6.17. The maximum atomic E-state index is 12.7. The number of nitrogens with zero attached hydrogens (tertiary/aromatic N) is 2. The number of hydrogen-bond acceptors (Lipinski definition) is 4. The van der Waals surface area contributed by atoms with E-state index in [0.29, 0.717) is 11.6 Å². The Kier molecular flexibility index (Phi) is 5.21. The monoisotopic (exact) mass is 360 g/mol. The number of carbonyl (C=O) groups excluding carboxylic acids is 1. The van der Waals surface area contributed by atoms with Crippen molar-refractivity contribution in [3.8, 4) is 0 Å². The van der Waals surface area contributed by atoms with Crippen molar-refractivity contribution >= 4 is 23.2 Å². The summed E-state index contributed by atoms with van der Waals surface area (Å²) in [7, 11) is 0.